The van der Waals surface area contributed by atoms with Crippen LogP contribution < -0.4 is 4.90 Å². The van der Waals surface area contributed by atoms with Gasteiger partial charge in [0, 0.05) is 31.2 Å². The van der Waals surface area contributed by atoms with Crippen molar-refractivity contribution < 1.29 is 9.53 Å². The van der Waals surface area contributed by atoms with Gasteiger partial charge in [-0.15, -0.1) is 0 Å². The van der Waals surface area contributed by atoms with Crippen molar-refractivity contribution in [2.75, 3.05) is 24.6 Å². The average molecular weight is 220 g/mol. The number of hydrogen-bond acceptors (Lipinski definition) is 4. The lowest BCUT2D eigenvalue weighted by molar-refractivity contribution is -0.147. The van der Waals surface area contributed by atoms with Gasteiger partial charge in [0.15, 0.2) is 0 Å². The van der Waals surface area contributed by atoms with E-state index in [0.29, 0.717) is 6.61 Å². The third-order valence-corrected chi connectivity index (χ3v) is 2.84. The SMILES string of the molecule is CCOC(=O)C1CCN(c2ccncc2)C1. The topological polar surface area (TPSA) is 42.4 Å². The predicted octanol–water partition coefficient (Wildman–Crippen LogP) is 1.47. The van der Waals surface area contributed by atoms with Gasteiger partial charge in [0.1, 0.15) is 0 Å². The Morgan fingerprint density at radius 1 is 1.56 bits per heavy atom. The number of ether oxygens (including phenoxy) is 1. The normalized spacial score (nSPS) is 19.8. The van der Waals surface area contributed by atoms with Crippen molar-refractivity contribution in [1.29, 1.82) is 0 Å². The van der Waals surface area contributed by atoms with Gasteiger partial charge in [0.2, 0.25) is 0 Å². The molecule has 1 aromatic heterocycles. The molecule has 0 aliphatic carbocycles. The Kier molecular flexibility index (Phi) is 3.39. The van der Waals surface area contributed by atoms with Gasteiger partial charge in [-0.25, -0.2) is 0 Å². The van der Waals surface area contributed by atoms with E-state index >= 15 is 0 Å². The molecule has 0 spiro atoms. The zero-order valence-electron chi connectivity index (χ0n) is 9.43. The molecule has 4 heteroatoms. The molecule has 16 heavy (non-hydrogen) atoms. The minimum atomic E-state index is -0.0703. The van der Waals surface area contributed by atoms with E-state index in [0.717, 1.165) is 25.2 Å². The molecule has 1 aliphatic rings. The van der Waals surface area contributed by atoms with Crippen LogP contribution in [0.3, 0.4) is 0 Å². The summed E-state index contributed by atoms with van der Waals surface area (Å²) < 4.78 is 5.03. The molecule has 1 atom stereocenters. The Labute approximate surface area is 95.2 Å². The molecular weight excluding hydrogens is 204 g/mol. The molecule has 1 unspecified atom stereocenters. The largest absolute Gasteiger partial charge is 0.466 e. The van der Waals surface area contributed by atoms with Gasteiger partial charge >= 0.3 is 5.97 Å². The maximum absolute atomic E-state index is 11.6. The van der Waals surface area contributed by atoms with E-state index in [-0.39, 0.29) is 11.9 Å². The third-order valence-electron chi connectivity index (χ3n) is 2.84. The van der Waals surface area contributed by atoms with Crippen LogP contribution >= 0.6 is 0 Å². The van der Waals surface area contributed by atoms with Crippen molar-refractivity contribution in [1.82, 2.24) is 4.98 Å². The molecule has 2 heterocycles. The number of pyridine rings is 1. The highest BCUT2D eigenvalue weighted by molar-refractivity contribution is 5.74. The van der Waals surface area contributed by atoms with Gasteiger partial charge in [-0.05, 0) is 25.5 Å². The minimum absolute atomic E-state index is 0.0214. The summed E-state index contributed by atoms with van der Waals surface area (Å²) in [6.07, 6.45) is 4.42. The molecule has 0 amide bonds. The van der Waals surface area contributed by atoms with Crippen molar-refractivity contribution in [2.45, 2.75) is 13.3 Å². The summed E-state index contributed by atoms with van der Waals surface area (Å²) in [5.74, 6) is -0.0489. The number of nitrogens with zero attached hydrogens (tertiary/aromatic N) is 2. The fourth-order valence-electron chi connectivity index (χ4n) is 2.00. The van der Waals surface area contributed by atoms with E-state index in [4.69, 9.17) is 4.74 Å². The second-order valence-corrected chi connectivity index (χ2v) is 3.89. The molecule has 0 aromatic carbocycles. The Morgan fingerprint density at radius 3 is 3.00 bits per heavy atom. The zero-order valence-corrected chi connectivity index (χ0v) is 9.43. The Morgan fingerprint density at radius 2 is 2.31 bits per heavy atom. The average Bonchev–Trinajstić information content (AvgIpc) is 2.80. The van der Waals surface area contributed by atoms with Crippen LogP contribution in [0.2, 0.25) is 0 Å². The van der Waals surface area contributed by atoms with E-state index in [1.165, 1.54) is 0 Å². The highest BCUT2D eigenvalue weighted by Gasteiger charge is 2.29. The first kappa shape index (κ1) is 10.9. The number of aromatic nitrogens is 1. The molecular formula is C12H16N2O2. The van der Waals surface area contributed by atoms with Crippen LogP contribution in [0.1, 0.15) is 13.3 Å². The van der Waals surface area contributed by atoms with Crippen molar-refractivity contribution in [2.24, 2.45) is 5.92 Å². The molecule has 86 valence electrons. The number of anilines is 1. The lowest BCUT2D eigenvalue weighted by Crippen LogP contribution is -2.24. The molecule has 0 saturated carbocycles. The summed E-state index contributed by atoms with van der Waals surface area (Å²) in [6.45, 7) is 3.97. The summed E-state index contributed by atoms with van der Waals surface area (Å²) in [4.78, 5) is 17.7. The van der Waals surface area contributed by atoms with Gasteiger partial charge in [-0.2, -0.15) is 0 Å². The van der Waals surface area contributed by atoms with E-state index in [9.17, 15) is 4.79 Å². The summed E-state index contributed by atoms with van der Waals surface area (Å²) >= 11 is 0. The summed E-state index contributed by atoms with van der Waals surface area (Å²) in [5, 5.41) is 0. The Bertz CT molecular complexity index is 353. The second-order valence-electron chi connectivity index (χ2n) is 3.89. The molecule has 1 aromatic rings. The first-order chi connectivity index (χ1) is 7.81. The predicted molar refractivity (Wildman–Crippen MR) is 61.2 cm³/mol. The van der Waals surface area contributed by atoms with Gasteiger partial charge < -0.3 is 9.64 Å². The standard InChI is InChI=1S/C12H16N2O2/c1-2-16-12(15)10-5-8-14(9-10)11-3-6-13-7-4-11/h3-4,6-7,10H,2,5,8-9H2,1H3. The van der Waals surface area contributed by atoms with Crippen molar-refractivity contribution >= 4 is 11.7 Å². The van der Waals surface area contributed by atoms with Gasteiger partial charge in [-0.1, -0.05) is 0 Å². The Balaban J connectivity index is 1.96. The van der Waals surface area contributed by atoms with Crippen LogP contribution in [0.5, 0.6) is 0 Å². The van der Waals surface area contributed by atoms with Crippen LogP contribution in [0, 0.1) is 5.92 Å². The monoisotopic (exact) mass is 220 g/mol. The first-order valence-corrected chi connectivity index (χ1v) is 5.63. The minimum Gasteiger partial charge on any atom is -0.466 e. The van der Waals surface area contributed by atoms with Crippen LogP contribution in [0.25, 0.3) is 0 Å². The summed E-state index contributed by atoms with van der Waals surface area (Å²) in [5.41, 5.74) is 1.13. The lowest BCUT2D eigenvalue weighted by atomic mass is 10.1. The lowest BCUT2D eigenvalue weighted by Gasteiger charge is -2.17. The highest BCUT2D eigenvalue weighted by atomic mass is 16.5. The van der Waals surface area contributed by atoms with Gasteiger partial charge in [-0.3, -0.25) is 9.78 Å². The second kappa shape index (κ2) is 4.96. The number of rotatable bonds is 3. The van der Waals surface area contributed by atoms with Gasteiger partial charge in [0.05, 0.1) is 12.5 Å². The van der Waals surface area contributed by atoms with Crippen molar-refractivity contribution in [3.05, 3.63) is 24.5 Å². The van der Waals surface area contributed by atoms with Crippen molar-refractivity contribution in [3.63, 3.8) is 0 Å². The first-order valence-electron chi connectivity index (χ1n) is 5.63. The van der Waals surface area contributed by atoms with E-state index in [1.54, 1.807) is 12.4 Å². The highest BCUT2D eigenvalue weighted by Crippen LogP contribution is 2.23. The maximum Gasteiger partial charge on any atom is 0.310 e. The van der Waals surface area contributed by atoms with Crippen LogP contribution in [0.15, 0.2) is 24.5 Å². The smallest absolute Gasteiger partial charge is 0.310 e. The quantitative estimate of drug-likeness (QED) is 0.723. The summed E-state index contributed by atoms with van der Waals surface area (Å²) in [6, 6.07) is 3.93. The molecule has 1 aliphatic heterocycles. The van der Waals surface area contributed by atoms with Crippen LogP contribution in [-0.4, -0.2) is 30.6 Å². The molecule has 4 nitrogen and oxygen atoms in total. The third kappa shape index (κ3) is 2.32. The molecule has 1 saturated heterocycles. The number of esters is 1. The number of carbonyl (C=O) groups excluding carboxylic acids is 1. The number of carbonyl (C=O) groups is 1. The fourth-order valence-corrected chi connectivity index (χ4v) is 2.00. The van der Waals surface area contributed by atoms with E-state index in [1.807, 2.05) is 19.1 Å². The van der Waals surface area contributed by atoms with Gasteiger partial charge in [0.25, 0.3) is 0 Å². The molecule has 0 bridgehead atoms. The fraction of sp³-hybridized carbons (Fsp3) is 0.500. The van der Waals surface area contributed by atoms with E-state index in [2.05, 4.69) is 9.88 Å². The van der Waals surface area contributed by atoms with Crippen molar-refractivity contribution in [3.8, 4) is 0 Å². The van der Waals surface area contributed by atoms with Crippen LogP contribution in [-0.2, 0) is 9.53 Å². The molecule has 0 radical (unpaired) electrons. The summed E-state index contributed by atoms with van der Waals surface area (Å²) in [7, 11) is 0. The number of hydrogen-bond donors (Lipinski definition) is 0. The van der Waals surface area contributed by atoms with E-state index < -0.39 is 0 Å². The van der Waals surface area contributed by atoms with Crippen LogP contribution in [0.4, 0.5) is 5.69 Å². The molecule has 1 fully saturated rings. The molecule has 2 rings (SSSR count). The molecule has 0 N–H and O–H groups in total. The maximum atomic E-state index is 11.6. The zero-order chi connectivity index (χ0) is 11.4. The Hall–Kier alpha value is -1.58.